The van der Waals surface area contributed by atoms with Gasteiger partial charge in [-0.15, -0.1) is 0 Å². The van der Waals surface area contributed by atoms with E-state index in [0.29, 0.717) is 44.4 Å². The molecular formula is C28H28Cl2N2O2. The van der Waals surface area contributed by atoms with Gasteiger partial charge in [-0.2, -0.15) is 0 Å². The number of halogens is 2. The van der Waals surface area contributed by atoms with E-state index in [4.69, 9.17) is 44.1 Å². The summed E-state index contributed by atoms with van der Waals surface area (Å²) in [5.41, 5.74) is 14.5. The van der Waals surface area contributed by atoms with Crippen LogP contribution >= 0.6 is 23.2 Å². The van der Waals surface area contributed by atoms with Crippen molar-refractivity contribution in [1.82, 2.24) is 0 Å². The van der Waals surface area contributed by atoms with Crippen LogP contribution in [-0.4, -0.2) is 0 Å². The van der Waals surface area contributed by atoms with Gasteiger partial charge < -0.3 is 20.9 Å². The second-order valence-electron chi connectivity index (χ2n) is 10.4. The molecule has 4 N–H and O–H groups in total. The maximum absolute atomic E-state index is 6.57. The molecule has 0 unspecified atom stereocenters. The first-order valence-corrected chi connectivity index (χ1v) is 12.7. The van der Waals surface area contributed by atoms with E-state index in [1.54, 1.807) is 36.4 Å². The van der Waals surface area contributed by atoms with Gasteiger partial charge in [0.2, 0.25) is 0 Å². The van der Waals surface area contributed by atoms with Crippen molar-refractivity contribution in [3.63, 3.8) is 0 Å². The highest BCUT2D eigenvalue weighted by molar-refractivity contribution is 6.32. The molecule has 4 saturated carbocycles. The van der Waals surface area contributed by atoms with Crippen molar-refractivity contribution < 1.29 is 9.47 Å². The molecule has 6 heteroatoms. The van der Waals surface area contributed by atoms with Gasteiger partial charge in [0.25, 0.3) is 0 Å². The van der Waals surface area contributed by atoms with Crippen LogP contribution < -0.4 is 20.9 Å². The SMILES string of the molecule is Nc1ccc(Cl)c(Oc2cccc(C34CC5CC(CC(C5)C3)C4)c2Oc2cc(N)ccc2Cl)c1. The van der Waals surface area contributed by atoms with Gasteiger partial charge in [-0.3, -0.25) is 0 Å². The summed E-state index contributed by atoms with van der Waals surface area (Å²) in [6, 6.07) is 16.7. The molecule has 0 aliphatic heterocycles. The Balaban J connectivity index is 1.48. The summed E-state index contributed by atoms with van der Waals surface area (Å²) in [6.07, 6.45) is 7.69. The smallest absolute Gasteiger partial charge is 0.173 e. The van der Waals surface area contributed by atoms with E-state index >= 15 is 0 Å². The van der Waals surface area contributed by atoms with Crippen LogP contribution in [0.25, 0.3) is 0 Å². The number of nitrogen functional groups attached to an aromatic ring is 2. The number of hydrogen-bond acceptors (Lipinski definition) is 4. The molecule has 0 heterocycles. The van der Waals surface area contributed by atoms with Crippen molar-refractivity contribution >= 4 is 34.6 Å². The Labute approximate surface area is 210 Å². The fraction of sp³-hybridized carbons (Fsp3) is 0.357. The van der Waals surface area contributed by atoms with E-state index in [-0.39, 0.29) is 5.41 Å². The molecular weight excluding hydrogens is 467 g/mol. The molecule has 4 bridgehead atoms. The second kappa shape index (κ2) is 8.28. The first-order chi connectivity index (χ1) is 16.4. The number of benzene rings is 3. The lowest BCUT2D eigenvalue weighted by molar-refractivity contribution is -0.00608. The molecule has 3 aromatic rings. The predicted octanol–water partition coefficient (Wildman–Crippen LogP) is 8.21. The molecule has 3 aromatic carbocycles. The van der Waals surface area contributed by atoms with Gasteiger partial charge >= 0.3 is 0 Å². The second-order valence-corrected chi connectivity index (χ2v) is 11.2. The van der Waals surface area contributed by atoms with Gasteiger partial charge in [-0.1, -0.05) is 35.3 Å². The predicted molar refractivity (Wildman–Crippen MR) is 138 cm³/mol. The minimum Gasteiger partial charge on any atom is -0.452 e. The monoisotopic (exact) mass is 494 g/mol. The largest absolute Gasteiger partial charge is 0.452 e. The standard InChI is InChI=1S/C28H28Cl2N2O2/c29-22-6-4-19(31)11-25(22)33-24-3-1-2-21(27(24)34-26-12-20(32)5-7-23(26)30)28-13-16-8-17(14-28)10-18(9-16)15-28/h1-7,11-12,16-18H,8-10,13-15,31-32H2. The number of nitrogens with two attached hydrogens (primary N) is 2. The third kappa shape index (κ3) is 3.87. The summed E-state index contributed by atoms with van der Waals surface area (Å²) < 4.78 is 12.9. The molecule has 0 amide bonds. The van der Waals surface area contributed by atoms with Gasteiger partial charge in [-0.05, 0) is 92.0 Å². The fourth-order valence-corrected chi connectivity index (χ4v) is 7.30. The maximum Gasteiger partial charge on any atom is 0.173 e. The molecule has 176 valence electrons. The highest BCUT2D eigenvalue weighted by atomic mass is 35.5. The highest BCUT2D eigenvalue weighted by Crippen LogP contribution is 2.63. The van der Waals surface area contributed by atoms with E-state index in [0.717, 1.165) is 17.8 Å². The molecule has 0 spiro atoms. The zero-order valence-electron chi connectivity index (χ0n) is 18.9. The molecule has 0 saturated heterocycles. The van der Waals surface area contributed by atoms with Crippen LogP contribution in [0.4, 0.5) is 11.4 Å². The quantitative estimate of drug-likeness (QED) is 0.350. The Morgan fingerprint density at radius 2 is 1.21 bits per heavy atom. The van der Waals surface area contributed by atoms with Crippen molar-refractivity contribution in [2.75, 3.05) is 11.5 Å². The lowest BCUT2D eigenvalue weighted by Crippen LogP contribution is -2.48. The van der Waals surface area contributed by atoms with Crippen LogP contribution in [0.1, 0.15) is 44.1 Å². The zero-order chi connectivity index (χ0) is 23.4. The third-order valence-electron chi connectivity index (χ3n) is 7.93. The first-order valence-electron chi connectivity index (χ1n) is 12.0. The molecule has 7 rings (SSSR count). The summed E-state index contributed by atoms with van der Waals surface area (Å²) in [5.74, 6) is 4.68. The van der Waals surface area contributed by atoms with Crippen molar-refractivity contribution in [2.45, 2.75) is 43.9 Å². The molecule has 0 aromatic heterocycles. The Morgan fingerprint density at radius 1 is 0.676 bits per heavy atom. The Kier molecular flexibility index (Phi) is 5.34. The fourth-order valence-electron chi connectivity index (χ4n) is 6.98. The number of anilines is 2. The molecule has 4 aliphatic carbocycles. The summed E-state index contributed by atoms with van der Waals surface area (Å²) in [4.78, 5) is 0. The molecule has 0 atom stereocenters. The molecule has 34 heavy (non-hydrogen) atoms. The maximum atomic E-state index is 6.57. The lowest BCUT2D eigenvalue weighted by atomic mass is 9.48. The first kappa shape index (κ1) is 21.9. The number of ether oxygens (including phenoxy) is 2. The van der Waals surface area contributed by atoms with Crippen molar-refractivity contribution in [2.24, 2.45) is 17.8 Å². The van der Waals surface area contributed by atoms with Crippen molar-refractivity contribution in [3.8, 4) is 23.0 Å². The lowest BCUT2D eigenvalue weighted by Gasteiger charge is -2.57. The van der Waals surface area contributed by atoms with Crippen molar-refractivity contribution in [3.05, 3.63) is 70.2 Å². The van der Waals surface area contributed by atoms with Crippen LogP contribution in [-0.2, 0) is 5.41 Å². The summed E-state index contributed by atoms with van der Waals surface area (Å²) in [6.45, 7) is 0. The van der Waals surface area contributed by atoms with E-state index in [9.17, 15) is 0 Å². The van der Waals surface area contributed by atoms with Gasteiger partial charge in [0.05, 0.1) is 10.0 Å². The van der Waals surface area contributed by atoms with Crippen LogP contribution in [0.2, 0.25) is 10.0 Å². The number of hydrogen-bond donors (Lipinski definition) is 2. The minimum absolute atomic E-state index is 0.0930. The van der Waals surface area contributed by atoms with Crippen LogP contribution in [0.3, 0.4) is 0 Å². The van der Waals surface area contributed by atoms with E-state index in [2.05, 4.69) is 12.1 Å². The van der Waals surface area contributed by atoms with Crippen LogP contribution in [0, 0.1) is 17.8 Å². The van der Waals surface area contributed by atoms with E-state index < -0.39 is 0 Å². The van der Waals surface area contributed by atoms with Gasteiger partial charge in [0, 0.05) is 29.1 Å². The number of rotatable bonds is 5. The van der Waals surface area contributed by atoms with Gasteiger partial charge in [0.15, 0.2) is 11.5 Å². The normalized spacial score (nSPS) is 27.1. The highest BCUT2D eigenvalue weighted by Gasteiger charge is 2.52. The van der Waals surface area contributed by atoms with Gasteiger partial charge in [0.1, 0.15) is 11.5 Å². The zero-order valence-corrected chi connectivity index (χ0v) is 20.4. The van der Waals surface area contributed by atoms with E-state index in [1.165, 1.54) is 44.1 Å². The van der Waals surface area contributed by atoms with Gasteiger partial charge in [-0.25, -0.2) is 0 Å². The van der Waals surface area contributed by atoms with Crippen molar-refractivity contribution in [1.29, 1.82) is 0 Å². The number of para-hydroxylation sites is 1. The minimum atomic E-state index is 0.0930. The Hall–Kier alpha value is -2.56. The van der Waals surface area contributed by atoms with E-state index in [1.807, 2.05) is 6.07 Å². The summed E-state index contributed by atoms with van der Waals surface area (Å²) >= 11 is 13.0. The third-order valence-corrected chi connectivity index (χ3v) is 8.56. The van der Waals surface area contributed by atoms with Crippen LogP contribution in [0.15, 0.2) is 54.6 Å². The summed E-state index contributed by atoms with van der Waals surface area (Å²) in [7, 11) is 0. The molecule has 0 radical (unpaired) electrons. The molecule has 4 nitrogen and oxygen atoms in total. The average molecular weight is 495 g/mol. The van der Waals surface area contributed by atoms with Crippen LogP contribution in [0.5, 0.6) is 23.0 Å². The summed E-state index contributed by atoms with van der Waals surface area (Å²) in [5, 5.41) is 0.991. The molecule has 4 aliphatic rings. The molecule has 4 fully saturated rings. The Bertz CT molecular complexity index is 1220. The Morgan fingerprint density at radius 3 is 1.76 bits per heavy atom. The average Bonchev–Trinajstić information content (AvgIpc) is 2.79. The topological polar surface area (TPSA) is 70.5 Å².